The van der Waals surface area contributed by atoms with Crippen LogP contribution in [0.25, 0.3) is 0 Å². The molecule has 9 heteroatoms. The number of alkyl carbamates (subject to hydrolysis) is 1. The highest BCUT2D eigenvalue weighted by atomic mass is 16.6. The Morgan fingerprint density at radius 3 is 2.39 bits per heavy atom. The third-order valence-corrected chi connectivity index (χ3v) is 3.24. The van der Waals surface area contributed by atoms with Crippen molar-refractivity contribution in [1.29, 1.82) is 0 Å². The molecular weight excluding hydrogens is 306 g/mol. The Hall–Kier alpha value is -2.03. The number of rotatable bonds is 4. The minimum absolute atomic E-state index is 0.0593. The van der Waals surface area contributed by atoms with Gasteiger partial charge >= 0.3 is 12.2 Å². The van der Waals surface area contributed by atoms with Gasteiger partial charge in [0.15, 0.2) is 0 Å². The number of ether oxygens (including phenoxy) is 2. The molecule has 0 aromatic carbocycles. The molecule has 0 bridgehead atoms. The van der Waals surface area contributed by atoms with Crippen molar-refractivity contribution in [2.75, 3.05) is 26.8 Å². The van der Waals surface area contributed by atoms with E-state index in [0.717, 1.165) is 0 Å². The Balaban J connectivity index is 2.74. The number of nitrogens with one attached hydrogen (secondary N) is 2. The Labute approximate surface area is 135 Å². The van der Waals surface area contributed by atoms with Crippen LogP contribution in [0, 0.1) is 0 Å². The lowest BCUT2D eigenvalue weighted by molar-refractivity contribution is -0.136. The number of hydrogen-bond acceptors (Lipinski definition) is 5. The molecule has 0 aromatic heterocycles. The minimum atomic E-state index is -1.18. The number of nitrogens with zero attached hydrogens (tertiary/aromatic N) is 1. The van der Waals surface area contributed by atoms with Gasteiger partial charge in [0.2, 0.25) is 5.91 Å². The van der Waals surface area contributed by atoms with Gasteiger partial charge in [0.1, 0.15) is 12.2 Å². The van der Waals surface area contributed by atoms with E-state index in [0.29, 0.717) is 13.0 Å². The fraction of sp³-hybridized carbons (Fsp3) is 0.786. The second-order valence-corrected chi connectivity index (χ2v) is 6.37. The molecule has 1 saturated heterocycles. The first-order chi connectivity index (χ1) is 10.6. The third kappa shape index (κ3) is 6.72. The van der Waals surface area contributed by atoms with Crippen LogP contribution >= 0.6 is 0 Å². The molecule has 0 unspecified atom stereocenters. The van der Waals surface area contributed by atoms with Crippen molar-refractivity contribution in [1.82, 2.24) is 15.5 Å². The normalized spacial score (nSPS) is 21.5. The number of likely N-dealkylation sites (tertiary alicyclic amines) is 1. The highest BCUT2D eigenvalue weighted by Crippen LogP contribution is 2.14. The molecule has 0 radical (unpaired) electrons. The zero-order valence-electron chi connectivity index (χ0n) is 13.9. The summed E-state index contributed by atoms with van der Waals surface area (Å²) in [4.78, 5) is 36.3. The SMILES string of the molecule is COCC(=O)N1CC[C@H](NC(=O)O)[C@H](NC(=O)OC(C)(C)C)C1. The molecular formula is C14H25N3O6. The fourth-order valence-corrected chi connectivity index (χ4v) is 2.33. The number of carboxylic acid groups (broad SMARTS) is 1. The summed E-state index contributed by atoms with van der Waals surface area (Å²) in [6, 6.07) is -1.07. The van der Waals surface area contributed by atoms with E-state index >= 15 is 0 Å². The van der Waals surface area contributed by atoms with Gasteiger partial charge in [-0.1, -0.05) is 0 Å². The lowest BCUT2D eigenvalue weighted by Gasteiger charge is -2.38. The maximum Gasteiger partial charge on any atom is 0.408 e. The fourth-order valence-electron chi connectivity index (χ4n) is 2.33. The molecule has 2 atom stereocenters. The van der Waals surface area contributed by atoms with Crippen molar-refractivity contribution in [3.05, 3.63) is 0 Å². The van der Waals surface area contributed by atoms with Crippen molar-refractivity contribution in [2.24, 2.45) is 0 Å². The molecule has 1 fully saturated rings. The van der Waals surface area contributed by atoms with E-state index in [2.05, 4.69) is 10.6 Å². The zero-order chi connectivity index (χ0) is 17.6. The Morgan fingerprint density at radius 2 is 1.87 bits per heavy atom. The molecule has 0 aliphatic carbocycles. The monoisotopic (exact) mass is 331 g/mol. The topological polar surface area (TPSA) is 117 Å². The summed E-state index contributed by atoms with van der Waals surface area (Å²) in [6.45, 7) is 5.71. The van der Waals surface area contributed by atoms with Gasteiger partial charge in [-0.3, -0.25) is 4.79 Å². The number of hydrogen-bond donors (Lipinski definition) is 3. The van der Waals surface area contributed by atoms with Crippen LogP contribution < -0.4 is 10.6 Å². The van der Waals surface area contributed by atoms with Gasteiger partial charge in [-0.2, -0.15) is 0 Å². The molecule has 1 aliphatic heterocycles. The van der Waals surface area contributed by atoms with Gasteiger partial charge in [-0.15, -0.1) is 0 Å². The standard InChI is InChI=1S/C14H25N3O6/c1-14(2,3)23-13(21)16-10-7-17(11(18)8-22-4)6-5-9(10)15-12(19)20/h9-10,15H,5-8H2,1-4H3,(H,16,21)(H,19,20)/t9-,10+/m0/s1. The highest BCUT2D eigenvalue weighted by Gasteiger charge is 2.34. The summed E-state index contributed by atoms with van der Waals surface area (Å²) in [6.07, 6.45) is -1.44. The van der Waals surface area contributed by atoms with Crippen LogP contribution in [-0.4, -0.2) is 72.6 Å². The molecule has 23 heavy (non-hydrogen) atoms. The predicted octanol–water partition coefficient (Wildman–Crippen LogP) is 0.395. The molecule has 9 nitrogen and oxygen atoms in total. The highest BCUT2D eigenvalue weighted by molar-refractivity contribution is 5.78. The van der Waals surface area contributed by atoms with Crippen molar-refractivity contribution >= 4 is 18.1 Å². The first-order valence-corrected chi connectivity index (χ1v) is 7.38. The lowest BCUT2D eigenvalue weighted by Crippen LogP contribution is -2.62. The molecule has 1 aliphatic rings. The number of carbonyl (C=O) groups excluding carboxylic acids is 2. The predicted molar refractivity (Wildman–Crippen MR) is 81.2 cm³/mol. The summed E-state index contributed by atoms with van der Waals surface area (Å²) in [5, 5.41) is 13.9. The molecule has 3 amide bonds. The number of methoxy groups -OCH3 is 1. The quantitative estimate of drug-likeness (QED) is 0.686. The molecule has 132 valence electrons. The van der Waals surface area contributed by atoms with E-state index in [1.165, 1.54) is 12.0 Å². The van der Waals surface area contributed by atoms with E-state index in [1.807, 2.05) is 0 Å². The van der Waals surface area contributed by atoms with Crippen LogP contribution in [0.2, 0.25) is 0 Å². The minimum Gasteiger partial charge on any atom is -0.465 e. The molecule has 3 N–H and O–H groups in total. The van der Waals surface area contributed by atoms with Gasteiger partial charge in [0, 0.05) is 20.2 Å². The second-order valence-electron chi connectivity index (χ2n) is 6.37. The van der Waals surface area contributed by atoms with Crippen molar-refractivity contribution < 1.29 is 29.0 Å². The van der Waals surface area contributed by atoms with Crippen molar-refractivity contribution in [3.8, 4) is 0 Å². The molecule has 0 aromatic rings. The number of amides is 3. The molecule has 1 heterocycles. The average molecular weight is 331 g/mol. The van der Waals surface area contributed by atoms with Crippen LogP contribution in [0.15, 0.2) is 0 Å². The van der Waals surface area contributed by atoms with Crippen LogP contribution in [0.1, 0.15) is 27.2 Å². The maximum atomic E-state index is 11.9. The van der Waals surface area contributed by atoms with Crippen LogP contribution in [0.5, 0.6) is 0 Å². The summed E-state index contributed by atoms with van der Waals surface area (Å²) < 4.78 is 10.0. The Kier molecular flexibility index (Phi) is 6.62. The first kappa shape index (κ1) is 19.0. The summed E-state index contributed by atoms with van der Waals surface area (Å²) in [5.41, 5.74) is -0.667. The largest absolute Gasteiger partial charge is 0.465 e. The third-order valence-electron chi connectivity index (χ3n) is 3.24. The van der Waals surface area contributed by atoms with E-state index in [-0.39, 0.29) is 19.1 Å². The second kappa shape index (κ2) is 8.00. The summed E-state index contributed by atoms with van der Waals surface area (Å²) in [7, 11) is 1.42. The lowest BCUT2D eigenvalue weighted by atomic mass is 9.99. The first-order valence-electron chi connectivity index (χ1n) is 7.38. The van der Waals surface area contributed by atoms with Gasteiger partial charge < -0.3 is 30.1 Å². The Morgan fingerprint density at radius 1 is 1.22 bits per heavy atom. The van der Waals surface area contributed by atoms with Gasteiger partial charge in [0.05, 0.1) is 12.1 Å². The van der Waals surface area contributed by atoms with E-state index < -0.39 is 29.9 Å². The summed E-state index contributed by atoms with van der Waals surface area (Å²) >= 11 is 0. The number of carbonyl (C=O) groups is 3. The number of piperidine rings is 1. The molecule has 0 saturated carbocycles. The average Bonchev–Trinajstić information content (AvgIpc) is 2.38. The summed E-state index contributed by atoms with van der Waals surface area (Å²) in [5.74, 6) is -0.211. The van der Waals surface area contributed by atoms with Crippen molar-refractivity contribution in [3.63, 3.8) is 0 Å². The van der Waals surface area contributed by atoms with Gasteiger partial charge in [-0.25, -0.2) is 9.59 Å². The zero-order valence-corrected chi connectivity index (χ0v) is 13.9. The van der Waals surface area contributed by atoms with E-state index in [9.17, 15) is 14.4 Å². The smallest absolute Gasteiger partial charge is 0.408 e. The van der Waals surface area contributed by atoms with E-state index in [1.54, 1.807) is 20.8 Å². The Bertz CT molecular complexity index is 448. The maximum absolute atomic E-state index is 11.9. The van der Waals surface area contributed by atoms with Crippen LogP contribution in [0.4, 0.5) is 9.59 Å². The van der Waals surface area contributed by atoms with Crippen LogP contribution in [-0.2, 0) is 14.3 Å². The van der Waals surface area contributed by atoms with Crippen LogP contribution in [0.3, 0.4) is 0 Å². The molecule has 0 spiro atoms. The van der Waals surface area contributed by atoms with Gasteiger partial charge in [0.25, 0.3) is 0 Å². The van der Waals surface area contributed by atoms with Gasteiger partial charge in [-0.05, 0) is 27.2 Å². The van der Waals surface area contributed by atoms with Crippen molar-refractivity contribution in [2.45, 2.75) is 44.9 Å². The van der Waals surface area contributed by atoms with E-state index in [4.69, 9.17) is 14.6 Å². The molecule has 1 rings (SSSR count).